The molecule has 12 unspecified atom stereocenters. The van der Waals surface area contributed by atoms with Crippen LogP contribution in [0.15, 0.2) is 0 Å². The lowest BCUT2D eigenvalue weighted by Crippen LogP contribution is -2.63. The molecule has 8 rings (SSSR count). The number of hydrogen-bond donors (Lipinski definition) is 3. The van der Waals surface area contributed by atoms with Gasteiger partial charge in [0.05, 0.1) is 17.8 Å². The summed E-state index contributed by atoms with van der Waals surface area (Å²) in [4.78, 5) is 14.0. The molecule has 8 aliphatic rings. The quantitative estimate of drug-likeness (QED) is 0.304. The minimum Gasteiger partial charge on any atom is -0.393 e. The topological polar surface area (TPSA) is 77.8 Å². The molecule has 0 aromatic heterocycles. The maximum atomic E-state index is 14.0. The first-order valence-corrected chi connectivity index (χ1v) is 18.5. The number of aliphatic hydroxyl groups is 3. The number of ketones is 1. The van der Waals surface area contributed by atoms with Crippen LogP contribution in [0.3, 0.4) is 0 Å². The van der Waals surface area contributed by atoms with Crippen molar-refractivity contribution < 1.29 is 20.1 Å². The van der Waals surface area contributed by atoms with Crippen LogP contribution in [-0.4, -0.2) is 38.9 Å². The lowest BCUT2D eigenvalue weighted by atomic mass is 9.40. The highest BCUT2D eigenvalue weighted by molar-refractivity contribution is 5.83. The van der Waals surface area contributed by atoms with Gasteiger partial charge in [-0.15, -0.1) is 0 Å². The fourth-order valence-corrected chi connectivity index (χ4v) is 15.4. The van der Waals surface area contributed by atoms with Crippen LogP contribution in [0.25, 0.3) is 0 Å². The summed E-state index contributed by atoms with van der Waals surface area (Å²) in [6.07, 6.45) is 17.9. The van der Waals surface area contributed by atoms with Crippen molar-refractivity contribution in [2.24, 2.45) is 74.9 Å². The number of carbonyl (C=O) groups excluding carboxylic acids is 1. The van der Waals surface area contributed by atoms with E-state index in [1.807, 2.05) is 0 Å². The van der Waals surface area contributed by atoms with Gasteiger partial charge < -0.3 is 15.3 Å². The molecule has 0 saturated heterocycles. The molecule has 16 atom stereocenters. The van der Waals surface area contributed by atoms with E-state index in [-0.39, 0.29) is 39.8 Å². The summed E-state index contributed by atoms with van der Waals surface area (Å²) in [7, 11) is 0. The van der Waals surface area contributed by atoms with Gasteiger partial charge in [0, 0.05) is 12.3 Å². The third kappa shape index (κ3) is 3.61. The normalized spacial score (nSPS) is 62.3. The highest BCUT2D eigenvalue weighted by atomic mass is 16.3. The Morgan fingerprint density at radius 3 is 1.69 bits per heavy atom. The van der Waals surface area contributed by atoms with Gasteiger partial charge in [-0.2, -0.15) is 0 Å². The zero-order valence-corrected chi connectivity index (χ0v) is 27.1. The summed E-state index contributed by atoms with van der Waals surface area (Å²) in [6, 6.07) is 0. The molecular formula is C38H60O4. The molecule has 0 spiro atoms. The Bertz CT molecular complexity index is 1120. The zero-order chi connectivity index (χ0) is 29.4. The van der Waals surface area contributed by atoms with E-state index in [1.165, 1.54) is 44.9 Å². The van der Waals surface area contributed by atoms with Gasteiger partial charge in [0.2, 0.25) is 0 Å². The van der Waals surface area contributed by atoms with E-state index >= 15 is 0 Å². The van der Waals surface area contributed by atoms with Gasteiger partial charge in [-0.3, -0.25) is 4.79 Å². The molecule has 42 heavy (non-hydrogen) atoms. The number of aliphatic hydroxyl groups excluding tert-OH is 2. The number of Topliss-reactive ketones (excluding diaryl/α,β-unsaturated/α-hetero) is 1. The summed E-state index contributed by atoms with van der Waals surface area (Å²) in [6.45, 7) is 9.83. The van der Waals surface area contributed by atoms with Crippen LogP contribution in [-0.2, 0) is 4.79 Å². The van der Waals surface area contributed by atoms with Crippen LogP contribution in [0.2, 0.25) is 0 Å². The van der Waals surface area contributed by atoms with Crippen molar-refractivity contribution in [3.05, 3.63) is 0 Å². The second kappa shape index (κ2) is 9.31. The van der Waals surface area contributed by atoms with Gasteiger partial charge in [-0.25, -0.2) is 0 Å². The average Bonchev–Trinajstić information content (AvgIpc) is 3.44. The van der Waals surface area contributed by atoms with E-state index in [2.05, 4.69) is 27.7 Å². The summed E-state index contributed by atoms with van der Waals surface area (Å²) < 4.78 is 0. The summed E-state index contributed by atoms with van der Waals surface area (Å²) in [5, 5.41) is 34.5. The van der Waals surface area contributed by atoms with Crippen molar-refractivity contribution in [3.63, 3.8) is 0 Å². The summed E-state index contributed by atoms with van der Waals surface area (Å²) in [5.74, 6) is 5.09. The molecule has 0 radical (unpaired) electrons. The molecule has 3 N–H and O–H groups in total. The van der Waals surface area contributed by atoms with Crippen molar-refractivity contribution >= 4 is 5.78 Å². The lowest BCUT2D eigenvalue weighted by Gasteiger charge is -2.65. The summed E-state index contributed by atoms with van der Waals surface area (Å²) in [5.41, 5.74) is -0.231. The molecule has 8 fully saturated rings. The first-order valence-electron chi connectivity index (χ1n) is 18.5. The second-order valence-corrected chi connectivity index (χ2v) is 18.8. The molecule has 0 aromatic carbocycles. The van der Waals surface area contributed by atoms with Crippen LogP contribution in [0.4, 0.5) is 0 Å². The van der Waals surface area contributed by atoms with Crippen LogP contribution in [0, 0.1) is 74.9 Å². The Morgan fingerprint density at radius 1 is 0.548 bits per heavy atom. The maximum Gasteiger partial charge on any atom is 0.139 e. The molecule has 0 amide bonds. The minimum absolute atomic E-state index is 0.0895. The van der Waals surface area contributed by atoms with E-state index in [4.69, 9.17) is 0 Å². The number of fused-ring (bicyclic) bond motifs is 10. The lowest BCUT2D eigenvalue weighted by molar-refractivity contribution is -0.204. The Morgan fingerprint density at radius 2 is 1.07 bits per heavy atom. The number of carbonyl (C=O) groups is 1. The number of hydrogen-bond acceptors (Lipinski definition) is 4. The predicted octanol–water partition coefficient (Wildman–Crippen LogP) is 7.32. The fraction of sp³-hybridized carbons (Fsp3) is 0.974. The summed E-state index contributed by atoms with van der Waals surface area (Å²) >= 11 is 0. The second-order valence-electron chi connectivity index (χ2n) is 18.8. The van der Waals surface area contributed by atoms with Gasteiger partial charge in [-0.05, 0) is 172 Å². The monoisotopic (exact) mass is 580 g/mol. The van der Waals surface area contributed by atoms with Crippen molar-refractivity contribution in [2.45, 2.75) is 155 Å². The Balaban J connectivity index is 1.04. The van der Waals surface area contributed by atoms with Crippen LogP contribution in [0.5, 0.6) is 0 Å². The van der Waals surface area contributed by atoms with Gasteiger partial charge in [0.25, 0.3) is 0 Å². The van der Waals surface area contributed by atoms with Gasteiger partial charge in [0.1, 0.15) is 5.78 Å². The third-order valence-corrected chi connectivity index (χ3v) is 17.8. The van der Waals surface area contributed by atoms with Crippen LogP contribution >= 0.6 is 0 Å². The molecule has 8 aliphatic carbocycles. The van der Waals surface area contributed by atoms with Crippen LogP contribution < -0.4 is 0 Å². The van der Waals surface area contributed by atoms with Crippen LogP contribution in [0.1, 0.15) is 137 Å². The first kappa shape index (κ1) is 29.0. The average molecular weight is 581 g/mol. The molecule has 4 heteroatoms. The molecule has 0 aromatic rings. The molecule has 4 nitrogen and oxygen atoms in total. The smallest absolute Gasteiger partial charge is 0.139 e. The van der Waals surface area contributed by atoms with Crippen molar-refractivity contribution in [3.8, 4) is 0 Å². The zero-order valence-electron chi connectivity index (χ0n) is 27.1. The highest BCUT2D eigenvalue weighted by Gasteiger charge is 2.67. The number of rotatable bonds is 1. The molecule has 8 saturated carbocycles. The van der Waals surface area contributed by atoms with Gasteiger partial charge >= 0.3 is 0 Å². The molecule has 0 heterocycles. The standard InChI is InChI=1S/C38H60O4/c1-34-19-20-38(42,21-22(34)5-6-23-25-9-11-31(40)36(25,3)16-13-27(23)34)33-29-8-7-24-26-10-12-32(41)37(26,4)17-14-28(24)35(29,2)18-15-30(33)39/h22-29,31-33,40-42H,5-21H2,1-4H3/t22?,23?,24?,25?,26?,27?,28?,29?,31?,32?,33?,34-,35+,36-,37-,38?/m0/s1. The van der Waals surface area contributed by atoms with E-state index < -0.39 is 5.60 Å². The molecule has 0 bridgehead atoms. The third-order valence-electron chi connectivity index (χ3n) is 17.8. The Kier molecular flexibility index (Phi) is 6.42. The molecule has 0 aliphatic heterocycles. The van der Waals surface area contributed by atoms with E-state index in [0.717, 1.165) is 63.7 Å². The van der Waals surface area contributed by atoms with Gasteiger partial charge in [0.15, 0.2) is 0 Å². The van der Waals surface area contributed by atoms with Gasteiger partial charge in [-0.1, -0.05) is 27.7 Å². The largest absolute Gasteiger partial charge is 0.393 e. The van der Waals surface area contributed by atoms with E-state index in [0.29, 0.717) is 53.6 Å². The predicted molar refractivity (Wildman–Crippen MR) is 164 cm³/mol. The SMILES string of the molecule is C[C@]12CCC(=O)C(C3(O)CC[C@@]4(C)C(CCC5C4CC[C@]4(C)C(O)CCC54)C3)C1CCC1C2CC[C@]2(C)C(O)CCC12. The Labute approximate surface area is 255 Å². The molecule has 236 valence electrons. The fourth-order valence-electron chi connectivity index (χ4n) is 15.4. The van der Waals surface area contributed by atoms with Crippen molar-refractivity contribution in [1.82, 2.24) is 0 Å². The first-order chi connectivity index (χ1) is 19.9. The van der Waals surface area contributed by atoms with E-state index in [1.54, 1.807) is 0 Å². The molecular weight excluding hydrogens is 520 g/mol. The maximum absolute atomic E-state index is 14.0. The Hall–Kier alpha value is -0.450. The van der Waals surface area contributed by atoms with Crippen molar-refractivity contribution in [2.75, 3.05) is 0 Å². The minimum atomic E-state index is -0.841. The van der Waals surface area contributed by atoms with Crippen molar-refractivity contribution in [1.29, 1.82) is 0 Å². The van der Waals surface area contributed by atoms with E-state index in [9.17, 15) is 20.1 Å². The highest BCUT2D eigenvalue weighted by Crippen LogP contribution is 2.71.